The van der Waals surface area contributed by atoms with Gasteiger partial charge in [0, 0.05) is 0 Å². The summed E-state index contributed by atoms with van der Waals surface area (Å²) in [5, 5.41) is 0. The van der Waals surface area contributed by atoms with Crippen molar-refractivity contribution in [3.05, 3.63) is 47.8 Å². The summed E-state index contributed by atoms with van der Waals surface area (Å²) in [4.78, 5) is 4.33. The van der Waals surface area contributed by atoms with Crippen molar-refractivity contribution in [3.8, 4) is 11.5 Å². The Labute approximate surface area is 103 Å². The highest BCUT2D eigenvalue weighted by molar-refractivity contribution is 5.80. The molecule has 0 spiro atoms. The molecule has 1 heterocycles. The Morgan fingerprint density at radius 2 is 2.06 bits per heavy atom. The first-order chi connectivity index (χ1) is 8.65. The summed E-state index contributed by atoms with van der Waals surface area (Å²) >= 11 is 0. The molecule has 3 aromatic rings. The third kappa shape index (κ3) is 1.62. The highest BCUT2D eigenvalue weighted by atomic mass is 19.1. The number of fused-ring (bicyclic) bond motifs is 1. The summed E-state index contributed by atoms with van der Waals surface area (Å²) in [5.41, 5.74) is 8.73. The van der Waals surface area contributed by atoms with E-state index in [2.05, 4.69) is 4.98 Å². The molecule has 1 aromatic heterocycles. The number of halogens is 1. The second kappa shape index (κ2) is 3.84. The van der Waals surface area contributed by atoms with Gasteiger partial charge in [-0.3, -0.25) is 0 Å². The van der Waals surface area contributed by atoms with Gasteiger partial charge in [-0.1, -0.05) is 12.1 Å². The summed E-state index contributed by atoms with van der Waals surface area (Å²) < 4.78 is 19.0. The van der Waals surface area contributed by atoms with E-state index >= 15 is 0 Å². The molecule has 3 rings (SSSR count). The molecule has 0 aliphatic heterocycles. The van der Waals surface area contributed by atoms with Crippen LogP contribution in [0.25, 0.3) is 22.6 Å². The molecule has 0 bridgehead atoms. The van der Waals surface area contributed by atoms with Crippen LogP contribution in [0.5, 0.6) is 0 Å². The Kier molecular flexibility index (Phi) is 2.30. The molecule has 0 aliphatic rings. The molecular weight excluding hydrogens is 231 g/mol. The number of nitrogens with two attached hydrogens (primary N) is 1. The second-order valence-electron chi connectivity index (χ2n) is 4.19. The Hall–Kier alpha value is -2.36. The van der Waals surface area contributed by atoms with Crippen molar-refractivity contribution in [1.29, 1.82) is 0 Å². The van der Waals surface area contributed by atoms with E-state index in [1.54, 1.807) is 12.1 Å². The summed E-state index contributed by atoms with van der Waals surface area (Å²) in [6.07, 6.45) is 0. The van der Waals surface area contributed by atoms with E-state index in [-0.39, 0.29) is 5.69 Å². The van der Waals surface area contributed by atoms with Crippen LogP contribution in [0.4, 0.5) is 10.1 Å². The topological polar surface area (TPSA) is 52.0 Å². The number of hydrogen-bond acceptors (Lipinski definition) is 3. The molecule has 0 unspecified atom stereocenters. The Balaban J connectivity index is 2.22. The maximum atomic E-state index is 13.4. The van der Waals surface area contributed by atoms with Gasteiger partial charge < -0.3 is 10.2 Å². The van der Waals surface area contributed by atoms with Gasteiger partial charge in [-0.25, -0.2) is 9.37 Å². The first kappa shape index (κ1) is 10.8. The largest absolute Gasteiger partial charge is 0.436 e. The molecule has 0 fully saturated rings. The number of rotatable bonds is 1. The van der Waals surface area contributed by atoms with Gasteiger partial charge >= 0.3 is 0 Å². The number of para-hydroxylation sites is 1. The highest BCUT2D eigenvalue weighted by Gasteiger charge is 2.13. The summed E-state index contributed by atoms with van der Waals surface area (Å²) in [6, 6.07) is 10.3. The van der Waals surface area contributed by atoms with E-state index < -0.39 is 5.82 Å². The van der Waals surface area contributed by atoms with E-state index in [9.17, 15) is 4.39 Å². The molecule has 0 saturated heterocycles. The number of nitrogens with zero attached hydrogens (tertiary/aromatic N) is 1. The van der Waals surface area contributed by atoms with Gasteiger partial charge in [0.1, 0.15) is 11.3 Å². The maximum Gasteiger partial charge on any atom is 0.229 e. The van der Waals surface area contributed by atoms with Crippen molar-refractivity contribution < 1.29 is 8.81 Å². The number of aromatic nitrogens is 1. The predicted octanol–water partition coefficient (Wildman–Crippen LogP) is 3.52. The smallest absolute Gasteiger partial charge is 0.229 e. The van der Waals surface area contributed by atoms with Gasteiger partial charge in [0.2, 0.25) is 5.89 Å². The average molecular weight is 242 g/mol. The lowest BCUT2D eigenvalue weighted by atomic mass is 10.2. The third-order valence-corrected chi connectivity index (χ3v) is 2.83. The van der Waals surface area contributed by atoms with Gasteiger partial charge in [-0.2, -0.15) is 0 Å². The SMILES string of the molecule is Cc1ccc2oc(-c3cccc(F)c3N)nc2c1. The normalized spacial score (nSPS) is 11.0. The summed E-state index contributed by atoms with van der Waals surface area (Å²) in [7, 11) is 0. The Morgan fingerprint density at radius 3 is 2.89 bits per heavy atom. The summed E-state index contributed by atoms with van der Waals surface area (Å²) in [5.74, 6) is -0.126. The van der Waals surface area contributed by atoms with Gasteiger partial charge in [-0.05, 0) is 36.8 Å². The lowest BCUT2D eigenvalue weighted by Crippen LogP contribution is -1.93. The minimum absolute atomic E-state index is 0.0563. The van der Waals surface area contributed by atoms with Crippen LogP contribution in [-0.4, -0.2) is 4.98 Å². The zero-order chi connectivity index (χ0) is 12.7. The lowest BCUT2D eigenvalue weighted by molar-refractivity contribution is 0.613. The van der Waals surface area contributed by atoms with Crippen molar-refractivity contribution in [2.45, 2.75) is 6.92 Å². The van der Waals surface area contributed by atoms with Gasteiger partial charge in [-0.15, -0.1) is 0 Å². The molecule has 4 heteroatoms. The number of anilines is 1. The fourth-order valence-electron chi connectivity index (χ4n) is 1.88. The van der Waals surface area contributed by atoms with E-state index in [4.69, 9.17) is 10.2 Å². The fraction of sp³-hybridized carbons (Fsp3) is 0.0714. The molecule has 2 aromatic carbocycles. The highest BCUT2D eigenvalue weighted by Crippen LogP contribution is 2.30. The fourth-order valence-corrected chi connectivity index (χ4v) is 1.88. The van der Waals surface area contributed by atoms with Crippen LogP contribution in [0.1, 0.15) is 5.56 Å². The molecular formula is C14H11FN2O. The van der Waals surface area contributed by atoms with Crippen LogP contribution < -0.4 is 5.73 Å². The number of benzene rings is 2. The van der Waals surface area contributed by atoms with Crippen molar-refractivity contribution in [2.75, 3.05) is 5.73 Å². The molecule has 18 heavy (non-hydrogen) atoms. The average Bonchev–Trinajstić information content (AvgIpc) is 2.75. The van der Waals surface area contributed by atoms with Crippen molar-refractivity contribution in [3.63, 3.8) is 0 Å². The summed E-state index contributed by atoms with van der Waals surface area (Å²) in [6.45, 7) is 1.98. The van der Waals surface area contributed by atoms with Crippen LogP contribution in [0.3, 0.4) is 0 Å². The molecule has 0 aliphatic carbocycles. The van der Waals surface area contributed by atoms with Crippen LogP contribution in [0.2, 0.25) is 0 Å². The standard InChI is InChI=1S/C14H11FN2O/c1-8-5-6-12-11(7-8)17-14(18-12)9-3-2-4-10(15)13(9)16/h2-7H,16H2,1H3. The van der Waals surface area contributed by atoms with Crippen molar-refractivity contribution in [1.82, 2.24) is 4.98 Å². The van der Waals surface area contributed by atoms with Crippen molar-refractivity contribution in [2.24, 2.45) is 0 Å². The number of hydrogen-bond donors (Lipinski definition) is 1. The molecule has 3 nitrogen and oxygen atoms in total. The molecule has 2 N–H and O–H groups in total. The monoisotopic (exact) mass is 242 g/mol. The Bertz CT molecular complexity index is 734. The van der Waals surface area contributed by atoms with Gasteiger partial charge in [0.05, 0.1) is 11.3 Å². The van der Waals surface area contributed by atoms with Crippen molar-refractivity contribution >= 4 is 16.8 Å². The minimum Gasteiger partial charge on any atom is -0.436 e. The van der Waals surface area contributed by atoms with Crippen LogP contribution >= 0.6 is 0 Å². The Morgan fingerprint density at radius 1 is 1.22 bits per heavy atom. The molecule has 0 saturated carbocycles. The molecule has 0 amide bonds. The second-order valence-corrected chi connectivity index (χ2v) is 4.19. The van der Waals surface area contributed by atoms with E-state index in [0.29, 0.717) is 17.0 Å². The minimum atomic E-state index is -0.467. The molecule has 0 atom stereocenters. The van der Waals surface area contributed by atoms with Crippen LogP contribution in [-0.2, 0) is 0 Å². The lowest BCUT2D eigenvalue weighted by Gasteiger charge is -2.01. The van der Waals surface area contributed by atoms with E-state index in [1.807, 2.05) is 25.1 Å². The van der Waals surface area contributed by atoms with Crippen LogP contribution in [0, 0.1) is 12.7 Å². The number of oxazole rings is 1. The van der Waals surface area contributed by atoms with Gasteiger partial charge in [0.15, 0.2) is 5.58 Å². The van der Waals surface area contributed by atoms with E-state index in [0.717, 1.165) is 11.1 Å². The quantitative estimate of drug-likeness (QED) is 0.664. The first-order valence-corrected chi connectivity index (χ1v) is 5.57. The zero-order valence-corrected chi connectivity index (χ0v) is 9.77. The third-order valence-electron chi connectivity index (χ3n) is 2.83. The zero-order valence-electron chi connectivity index (χ0n) is 9.77. The maximum absolute atomic E-state index is 13.4. The number of nitrogen functional groups attached to an aromatic ring is 1. The molecule has 90 valence electrons. The number of aryl methyl sites for hydroxylation is 1. The predicted molar refractivity (Wildman–Crippen MR) is 68.6 cm³/mol. The van der Waals surface area contributed by atoms with Gasteiger partial charge in [0.25, 0.3) is 0 Å². The van der Waals surface area contributed by atoms with Crippen LogP contribution in [0.15, 0.2) is 40.8 Å². The molecule has 0 radical (unpaired) electrons. The van der Waals surface area contributed by atoms with E-state index in [1.165, 1.54) is 6.07 Å². The first-order valence-electron chi connectivity index (χ1n) is 5.57.